The van der Waals surface area contributed by atoms with Gasteiger partial charge in [-0.1, -0.05) is 0 Å². The average molecular weight is 344 g/mol. The highest BCUT2D eigenvalue weighted by molar-refractivity contribution is 7.98. The first kappa shape index (κ1) is 16.6. The summed E-state index contributed by atoms with van der Waals surface area (Å²) < 4.78 is 1.90. The molecule has 0 unspecified atom stereocenters. The van der Waals surface area contributed by atoms with Gasteiger partial charge in [-0.3, -0.25) is 9.59 Å². The topological polar surface area (TPSA) is 67.2 Å². The quantitative estimate of drug-likeness (QED) is 0.811. The number of hydrogen-bond donors (Lipinski definition) is 1. The molecule has 1 fully saturated rings. The molecule has 2 aromatic rings. The predicted molar refractivity (Wildman–Crippen MR) is 93.9 cm³/mol. The lowest BCUT2D eigenvalue weighted by molar-refractivity contribution is -0.126. The van der Waals surface area contributed by atoms with Crippen LogP contribution in [-0.4, -0.2) is 40.7 Å². The highest BCUT2D eigenvalue weighted by Gasteiger charge is 2.34. The number of benzene rings is 1. The summed E-state index contributed by atoms with van der Waals surface area (Å²) in [7, 11) is 0. The van der Waals surface area contributed by atoms with Crippen LogP contribution in [0.2, 0.25) is 0 Å². The molecular weight excluding hydrogens is 324 g/mol. The van der Waals surface area contributed by atoms with Gasteiger partial charge in [0.1, 0.15) is 0 Å². The van der Waals surface area contributed by atoms with Gasteiger partial charge in [0.2, 0.25) is 11.8 Å². The van der Waals surface area contributed by atoms with Crippen molar-refractivity contribution in [3.63, 3.8) is 0 Å². The van der Waals surface area contributed by atoms with Crippen molar-refractivity contribution in [2.24, 2.45) is 5.92 Å². The van der Waals surface area contributed by atoms with Crippen LogP contribution >= 0.6 is 11.8 Å². The van der Waals surface area contributed by atoms with E-state index in [2.05, 4.69) is 10.3 Å². The van der Waals surface area contributed by atoms with Crippen LogP contribution in [0.4, 0.5) is 5.69 Å². The summed E-state index contributed by atoms with van der Waals surface area (Å²) in [4.78, 5) is 31.3. The smallest absolute Gasteiger partial charge is 0.227 e. The molecule has 0 spiro atoms. The van der Waals surface area contributed by atoms with Crippen molar-refractivity contribution in [2.75, 3.05) is 24.2 Å². The Morgan fingerprint density at radius 1 is 1.38 bits per heavy atom. The van der Waals surface area contributed by atoms with Gasteiger partial charge in [-0.15, -0.1) is 11.8 Å². The SMILES string of the molecule is CSc1ccc(N2C[C@H](C(=O)NCCn3ccnc3)CC2=O)cc1. The molecule has 1 aliphatic rings. The number of carbonyl (C=O) groups excluding carboxylic acids is 2. The molecule has 6 nitrogen and oxygen atoms in total. The predicted octanol–water partition coefficient (Wildman–Crippen LogP) is 1.77. The Kier molecular flexibility index (Phi) is 5.20. The van der Waals surface area contributed by atoms with E-state index in [-0.39, 0.29) is 24.2 Å². The third kappa shape index (κ3) is 3.79. The molecule has 1 aliphatic heterocycles. The number of carbonyl (C=O) groups is 2. The van der Waals surface area contributed by atoms with Crippen LogP contribution in [0.15, 0.2) is 47.9 Å². The first-order valence-electron chi connectivity index (χ1n) is 7.85. The summed E-state index contributed by atoms with van der Waals surface area (Å²) in [5, 5.41) is 2.90. The average Bonchev–Trinajstić information content (AvgIpc) is 3.24. The number of anilines is 1. The highest BCUT2D eigenvalue weighted by Crippen LogP contribution is 2.27. The van der Waals surface area contributed by atoms with Gasteiger partial charge in [-0.25, -0.2) is 4.98 Å². The third-order valence-electron chi connectivity index (χ3n) is 4.11. The van der Waals surface area contributed by atoms with Gasteiger partial charge in [-0.05, 0) is 30.5 Å². The first-order chi connectivity index (χ1) is 11.7. The van der Waals surface area contributed by atoms with Gasteiger partial charge in [0, 0.05) is 49.0 Å². The number of imidazole rings is 1. The van der Waals surface area contributed by atoms with Crippen LogP contribution in [0.1, 0.15) is 6.42 Å². The molecular formula is C17H20N4O2S. The van der Waals surface area contributed by atoms with E-state index in [0.29, 0.717) is 19.6 Å². The second-order valence-electron chi connectivity index (χ2n) is 5.69. The molecule has 0 saturated carbocycles. The van der Waals surface area contributed by atoms with Gasteiger partial charge >= 0.3 is 0 Å². The fourth-order valence-electron chi connectivity index (χ4n) is 2.77. The van der Waals surface area contributed by atoms with Crippen LogP contribution in [0.3, 0.4) is 0 Å². The molecule has 0 radical (unpaired) electrons. The number of aromatic nitrogens is 2. The third-order valence-corrected chi connectivity index (χ3v) is 4.85. The largest absolute Gasteiger partial charge is 0.354 e. The van der Waals surface area contributed by atoms with Crippen LogP contribution in [-0.2, 0) is 16.1 Å². The summed E-state index contributed by atoms with van der Waals surface area (Å²) in [6.45, 7) is 1.64. The van der Waals surface area contributed by atoms with E-state index in [4.69, 9.17) is 0 Å². The molecule has 1 aromatic heterocycles. The minimum Gasteiger partial charge on any atom is -0.354 e. The molecule has 24 heavy (non-hydrogen) atoms. The van der Waals surface area contributed by atoms with Crippen molar-refractivity contribution in [3.05, 3.63) is 43.0 Å². The zero-order valence-corrected chi connectivity index (χ0v) is 14.3. The molecule has 2 amide bonds. The second kappa shape index (κ2) is 7.53. The van der Waals surface area contributed by atoms with E-state index in [1.165, 1.54) is 0 Å². The summed E-state index contributed by atoms with van der Waals surface area (Å²) in [6.07, 6.45) is 7.55. The molecule has 0 bridgehead atoms. The van der Waals surface area contributed by atoms with Crippen molar-refractivity contribution in [2.45, 2.75) is 17.9 Å². The number of nitrogens with zero attached hydrogens (tertiary/aromatic N) is 3. The van der Waals surface area contributed by atoms with E-state index in [1.54, 1.807) is 29.2 Å². The lowest BCUT2D eigenvalue weighted by Gasteiger charge is -2.17. The first-order valence-corrected chi connectivity index (χ1v) is 9.07. The van der Waals surface area contributed by atoms with Crippen LogP contribution in [0, 0.1) is 5.92 Å². The monoisotopic (exact) mass is 344 g/mol. The molecule has 126 valence electrons. The van der Waals surface area contributed by atoms with Crippen molar-refractivity contribution in [1.82, 2.24) is 14.9 Å². The van der Waals surface area contributed by atoms with E-state index in [9.17, 15) is 9.59 Å². The van der Waals surface area contributed by atoms with Crippen molar-refractivity contribution < 1.29 is 9.59 Å². The molecule has 0 aliphatic carbocycles. The number of rotatable bonds is 6. The van der Waals surface area contributed by atoms with Gasteiger partial charge in [0.15, 0.2) is 0 Å². The second-order valence-corrected chi connectivity index (χ2v) is 6.57. The number of hydrogen-bond acceptors (Lipinski definition) is 4. The van der Waals surface area contributed by atoms with Gasteiger partial charge < -0.3 is 14.8 Å². The van der Waals surface area contributed by atoms with Crippen molar-refractivity contribution >= 4 is 29.3 Å². The Hall–Kier alpha value is -2.28. The van der Waals surface area contributed by atoms with E-state index in [0.717, 1.165) is 10.6 Å². The maximum Gasteiger partial charge on any atom is 0.227 e. The Labute approximate surface area is 145 Å². The standard InChI is InChI=1S/C17H20N4O2S/c1-24-15-4-2-14(3-5-15)21-11-13(10-16(21)22)17(23)19-7-9-20-8-6-18-12-20/h2-6,8,12-13H,7,9-11H2,1H3,(H,19,23)/t13-/m1/s1. The fourth-order valence-corrected chi connectivity index (χ4v) is 3.17. The number of nitrogens with one attached hydrogen (secondary N) is 1. The molecule has 1 atom stereocenters. The summed E-state index contributed by atoms with van der Waals surface area (Å²) in [6, 6.07) is 7.85. The van der Waals surface area contributed by atoms with Gasteiger partial charge in [0.25, 0.3) is 0 Å². The maximum atomic E-state index is 12.3. The Morgan fingerprint density at radius 3 is 2.83 bits per heavy atom. The van der Waals surface area contributed by atoms with Crippen LogP contribution in [0.5, 0.6) is 0 Å². The molecule has 3 rings (SSSR count). The number of amides is 2. The minimum absolute atomic E-state index is 0.00154. The normalized spacial score (nSPS) is 17.3. The Morgan fingerprint density at radius 2 is 2.17 bits per heavy atom. The molecule has 2 heterocycles. The summed E-state index contributed by atoms with van der Waals surface area (Å²) >= 11 is 1.66. The highest BCUT2D eigenvalue weighted by atomic mass is 32.2. The van der Waals surface area contributed by atoms with E-state index < -0.39 is 0 Å². The number of thioether (sulfide) groups is 1. The summed E-state index contributed by atoms with van der Waals surface area (Å²) in [5.41, 5.74) is 0.853. The van der Waals surface area contributed by atoms with Crippen LogP contribution in [0.25, 0.3) is 0 Å². The van der Waals surface area contributed by atoms with E-state index in [1.807, 2.05) is 41.3 Å². The minimum atomic E-state index is -0.291. The van der Waals surface area contributed by atoms with Crippen LogP contribution < -0.4 is 10.2 Å². The zero-order chi connectivity index (χ0) is 16.9. The Bertz CT molecular complexity index is 700. The van der Waals surface area contributed by atoms with Gasteiger partial charge in [0.05, 0.1) is 12.2 Å². The lowest BCUT2D eigenvalue weighted by atomic mass is 10.1. The fraction of sp³-hybridized carbons (Fsp3) is 0.353. The molecule has 7 heteroatoms. The van der Waals surface area contributed by atoms with Gasteiger partial charge in [-0.2, -0.15) is 0 Å². The molecule has 1 saturated heterocycles. The van der Waals surface area contributed by atoms with Crippen molar-refractivity contribution in [3.8, 4) is 0 Å². The zero-order valence-electron chi connectivity index (χ0n) is 13.5. The summed E-state index contributed by atoms with van der Waals surface area (Å²) in [5.74, 6) is -0.353. The molecule has 1 N–H and O–H groups in total. The van der Waals surface area contributed by atoms with E-state index >= 15 is 0 Å². The maximum absolute atomic E-state index is 12.3. The molecule has 1 aromatic carbocycles. The lowest BCUT2D eigenvalue weighted by Crippen LogP contribution is -2.34. The van der Waals surface area contributed by atoms with Crippen molar-refractivity contribution in [1.29, 1.82) is 0 Å². The Balaban J connectivity index is 1.54.